The number of nitro benzene ring substituents is 1. The van der Waals surface area contributed by atoms with Gasteiger partial charge in [0, 0.05) is 43.8 Å². The first-order valence-electron chi connectivity index (χ1n) is 8.23. The van der Waals surface area contributed by atoms with E-state index >= 15 is 0 Å². The first-order valence-corrected chi connectivity index (χ1v) is 8.63. The molecule has 0 radical (unpaired) electrons. The van der Waals surface area contributed by atoms with Crippen LogP contribution in [0.3, 0.4) is 0 Å². The zero-order valence-corrected chi connectivity index (χ0v) is 15.4. The van der Waals surface area contributed by atoms with Crippen molar-refractivity contribution in [2.45, 2.75) is 38.9 Å². The molecule has 2 heterocycles. The van der Waals surface area contributed by atoms with E-state index in [1.165, 1.54) is 6.07 Å². The summed E-state index contributed by atoms with van der Waals surface area (Å²) in [5, 5.41) is 15.5. The van der Waals surface area contributed by atoms with Crippen LogP contribution in [0.25, 0.3) is 0 Å². The van der Waals surface area contributed by atoms with E-state index in [1.54, 1.807) is 21.4 Å². The predicted molar refractivity (Wildman–Crippen MR) is 98.3 cm³/mol. The van der Waals surface area contributed by atoms with Crippen molar-refractivity contribution in [3.8, 4) is 0 Å². The van der Waals surface area contributed by atoms with Gasteiger partial charge in [-0.3, -0.25) is 14.9 Å². The van der Waals surface area contributed by atoms with E-state index in [9.17, 15) is 14.9 Å². The molecule has 1 aromatic carbocycles. The monoisotopic (exact) mass is 376 g/mol. The van der Waals surface area contributed by atoms with Crippen molar-refractivity contribution in [2.75, 3.05) is 4.90 Å². The predicted octanol–water partition coefficient (Wildman–Crippen LogP) is 1.69. The molecule has 0 saturated carbocycles. The molecule has 1 aliphatic rings. The Morgan fingerprint density at radius 3 is 2.88 bits per heavy atom. The number of aryl methyl sites for hydroxylation is 1. The Hall–Kier alpha value is -2.75. The molecule has 2 N–H and O–H groups in total. The smallest absolute Gasteiger partial charge is 0.269 e. The Labute approximate surface area is 155 Å². The molecule has 9 nitrogen and oxygen atoms in total. The highest BCUT2D eigenvalue weighted by Crippen LogP contribution is 2.35. The van der Waals surface area contributed by atoms with E-state index in [4.69, 9.17) is 18.0 Å². The molecular formula is C16H20N6O3S. The molecule has 0 bridgehead atoms. The summed E-state index contributed by atoms with van der Waals surface area (Å²) in [6, 6.07) is 5.09. The number of anilines is 1. The third kappa shape index (κ3) is 3.32. The van der Waals surface area contributed by atoms with E-state index in [0.29, 0.717) is 23.7 Å². The van der Waals surface area contributed by atoms with Gasteiger partial charge >= 0.3 is 0 Å². The minimum Gasteiger partial charge on any atom is -0.370 e. The van der Waals surface area contributed by atoms with E-state index in [0.717, 1.165) is 17.7 Å². The quantitative estimate of drug-likeness (QED) is 0.466. The number of nitro groups is 1. The molecule has 1 aromatic heterocycles. The van der Waals surface area contributed by atoms with Crippen LogP contribution in [0.5, 0.6) is 0 Å². The lowest BCUT2D eigenvalue weighted by atomic mass is 10.1. The molecule has 1 atom stereocenters. The number of carbonyl (C=O) groups excluding carboxylic acids is 1. The zero-order chi connectivity index (χ0) is 19.0. The molecule has 3 rings (SSSR count). The third-order valence-corrected chi connectivity index (χ3v) is 5.13. The fourth-order valence-corrected chi connectivity index (χ4v) is 3.44. The van der Waals surface area contributed by atoms with Gasteiger partial charge in [0.2, 0.25) is 5.91 Å². The van der Waals surface area contributed by atoms with Gasteiger partial charge in [0.05, 0.1) is 4.92 Å². The molecular weight excluding hydrogens is 356 g/mol. The first-order chi connectivity index (χ1) is 12.3. The number of hydrogen-bond acceptors (Lipinski definition) is 6. The molecule has 0 unspecified atom stereocenters. The number of non-ortho nitro benzene ring substituents is 1. The molecule has 138 valence electrons. The third-order valence-electron chi connectivity index (χ3n) is 4.64. The van der Waals surface area contributed by atoms with Crippen LogP contribution in [-0.4, -0.2) is 31.2 Å². The van der Waals surface area contributed by atoms with Gasteiger partial charge in [0.15, 0.2) is 4.77 Å². The number of amides is 1. The maximum Gasteiger partial charge on any atom is 0.269 e. The van der Waals surface area contributed by atoms with Gasteiger partial charge in [-0.15, -0.1) is 0 Å². The van der Waals surface area contributed by atoms with Gasteiger partial charge in [-0.1, -0.05) is 0 Å². The Balaban J connectivity index is 1.86. The van der Waals surface area contributed by atoms with Crippen molar-refractivity contribution in [3.05, 3.63) is 44.5 Å². The zero-order valence-electron chi connectivity index (χ0n) is 14.6. The Morgan fingerprint density at radius 2 is 2.23 bits per heavy atom. The Morgan fingerprint density at radius 1 is 1.50 bits per heavy atom. The standard InChI is InChI=1S/C16H20N6O3S/c1-10-7-11-8-12(22(24)25)3-4-13(11)20(10)9-21-16(26)19(2)15(18-21)6-5-14(17)23/h3-4,8,10H,5-7,9H2,1-2H3,(H2,17,23)/t10-/m0/s1. The number of rotatable bonds is 6. The summed E-state index contributed by atoms with van der Waals surface area (Å²) in [7, 11) is 1.81. The Bertz CT molecular complexity index is 935. The van der Waals surface area contributed by atoms with Crippen molar-refractivity contribution in [2.24, 2.45) is 12.8 Å². The summed E-state index contributed by atoms with van der Waals surface area (Å²) in [6.45, 7) is 2.50. The van der Waals surface area contributed by atoms with Gasteiger partial charge in [0.1, 0.15) is 12.5 Å². The molecule has 1 aliphatic heterocycles. The van der Waals surface area contributed by atoms with Crippen LogP contribution < -0.4 is 10.6 Å². The Kier molecular flexibility index (Phi) is 4.77. The van der Waals surface area contributed by atoms with Crippen molar-refractivity contribution in [3.63, 3.8) is 0 Å². The molecule has 0 aliphatic carbocycles. The van der Waals surface area contributed by atoms with E-state index in [1.807, 2.05) is 7.05 Å². The fourth-order valence-electron chi connectivity index (χ4n) is 3.23. The average Bonchev–Trinajstić information content (AvgIpc) is 3.03. The summed E-state index contributed by atoms with van der Waals surface area (Å²) in [5.74, 6) is 0.318. The molecule has 1 amide bonds. The number of primary amides is 1. The second-order valence-electron chi connectivity index (χ2n) is 6.46. The SMILES string of the molecule is C[C@H]1Cc2cc([N+](=O)[O-])ccc2N1Cn1nc(CCC(N)=O)n(C)c1=S. The molecule has 0 saturated heterocycles. The molecule has 26 heavy (non-hydrogen) atoms. The van der Waals surface area contributed by atoms with Crippen molar-refractivity contribution in [1.82, 2.24) is 14.3 Å². The van der Waals surface area contributed by atoms with Crippen molar-refractivity contribution in [1.29, 1.82) is 0 Å². The van der Waals surface area contributed by atoms with Crippen LogP contribution in [0.1, 0.15) is 24.7 Å². The van der Waals surface area contributed by atoms with Gasteiger partial charge < -0.3 is 15.2 Å². The van der Waals surface area contributed by atoms with Crippen LogP contribution in [0.4, 0.5) is 11.4 Å². The summed E-state index contributed by atoms with van der Waals surface area (Å²) in [5.41, 5.74) is 7.21. The summed E-state index contributed by atoms with van der Waals surface area (Å²) in [6.07, 6.45) is 1.37. The van der Waals surface area contributed by atoms with E-state index in [-0.39, 0.29) is 29.0 Å². The lowest BCUT2D eigenvalue weighted by molar-refractivity contribution is -0.384. The number of aromatic nitrogens is 3. The molecule has 0 fully saturated rings. The second kappa shape index (κ2) is 6.87. The first kappa shape index (κ1) is 18.1. The highest BCUT2D eigenvalue weighted by molar-refractivity contribution is 7.71. The van der Waals surface area contributed by atoms with E-state index in [2.05, 4.69) is 16.9 Å². The molecule has 0 spiro atoms. The fraction of sp³-hybridized carbons (Fsp3) is 0.438. The number of nitrogens with two attached hydrogens (primary N) is 1. The van der Waals surface area contributed by atoms with Gasteiger partial charge in [0.25, 0.3) is 5.69 Å². The topological polar surface area (TPSA) is 112 Å². The lowest BCUT2D eigenvalue weighted by Gasteiger charge is -2.24. The molecule has 2 aromatic rings. The van der Waals surface area contributed by atoms with Crippen LogP contribution in [-0.2, 0) is 31.4 Å². The largest absolute Gasteiger partial charge is 0.370 e. The normalized spacial score (nSPS) is 15.9. The lowest BCUT2D eigenvalue weighted by Crippen LogP contribution is -2.32. The summed E-state index contributed by atoms with van der Waals surface area (Å²) >= 11 is 5.45. The minimum atomic E-state index is -0.381. The highest BCUT2D eigenvalue weighted by atomic mass is 32.1. The van der Waals surface area contributed by atoms with Crippen LogP contribution in [0.2, 0.25) is 0 Å². The van der Waals surface area contributed by atoms with Gasteiger partial charge in [-0.25, -0.2) is 4.68 Å². The number of nitrogens with zero attached hydrogens (tertiary/aromatic N) is 5. The van der Waals surface area contributed by atoms with Crippen LogP contribution in [0.15, 0.2) is 18.2 Å². The average molecular weight is 376 g/mol. The maximum absolute atomic E-state index is 11.0. The molecule has 10 heteroatoms. The number of carbonyl (C=O) groups is 1. The van der Waals surface area contributed by atoms with Gasteiger partial charge in [-0.05, 0) is 37.2 Å². The van der Waals surface area contributed by atoms with Crippen molar-refractivity contribution >= 4 is 29.5 Å². The summed E-state index contributed by atoms with van der Waals surface area (Å²) < 4.78 is 4.03. The van der Waals surface area contributed by atoms with Gasteiger partial charge in [-0.2, -0.15) is 5.10 Å². The van der Waals surface area contributed by atoms with Crippen molar-refractivity contribution < 1.29 is 9.72 Å². The maximum atomic E-state index is 11.0. The highest BCUT2D eigenvalue weighted by Gasteiger charge is 2.28. The number of benzene rings is 1. The summed E-state index contributed by atoms with van der Waals surface area (Å²) in [4.78, 5) is 23.7. The van der Waals surface area contributed by atoms with E-state index < -0.39 is 0 Å². The van der Waals surface area contributed by atoms with Crippen LogP contribution in [0, 0.1) is 14.9 Å². The minimum absolute atomic E-state index is 0.0981. The second-order valence-corrected chi connectivity index (χ2v) is 6.82. The number of fused-ring (bicyclic) bond motifs is 1. The van der Waals surface area contributed by atoms with Crippen LogP contribution >= 0.6 is 12.2 Å². The number of hydrogen-bond donors (Lipinski definition) is 1.